The SMILES string of the molecule is CCN(Cc1cccnc1)C(=O)c1ccc(CC2CCCN2)cc1. The summed E-state index contributed by atoms with van der Waals surface area (Å²) in [6.45, 7) is 4.41. The Bertz CT molecular complexity index is 648. The van der Waals surface area contributed by atoms with E-state index in [1.807, 2.05) is 42.3 Å². The Morgan fingerprint density at radius 3 is 2.71 bits per heavy atom. The highest BCUT2D eigenvalue weighted by molar-refractivity contribution is 5.94. The maximum atomic E-state index is 12.7. The number of aromatic nitrogens is 1. The lowest BCUT2D eigenvalue weighted by Gasteiger charge is -2.21. The van der Waals surface area contributed by atoms with Gasteiger partial charge in [-0.25, -0.2) is 0 Å². The zero-order valence-corrected chi connectivity index (χ0v) is 14.2. The summed E-state index contributed by atoms with van der Waals surface area (Å²) in [7, 11) is 0. The molecule has 126 valence electrons. The lowest BCUT2D eigenvalue weighted by Crippen LogP contribution is -2.30. The predicted octanol–water partition coefficient (Wildman–Crippen LogP) is 3.04. The van der Waals surface area contributed by atoms with Gasteiger partial charge in [-0.05, 0) is 62.1 Å². The molecule has 0 saturated carbocycles. The van der Waals surface area contributed by atoms with Gasteiger partial charge in [0.25, 0.3) is 5.91 Å². The van der Waals surface area contributed by atoms with Crippen molar-refractivity contribution in [3.63, 3.8) is 0 Å². The van der Waals surface area contributed by atoms with Crippen LogP contribution in [0.3, 0.4) is 0 Å². The zero-order chi connectivity index (χ0) is 16.8. The van der Waals surface area contributed by atoms with E-state index in [0.29, 0.717) is 19.1 Å². The molecule has 0 aliphatic carbocycles. The number of nitrogens with one attached hydrogen (secondary N) is 1. The fourth-order valence-corrected chi connectivity index (χ4v) is 3.22. The molecule has 1 unspecified atom stereocenters. The molecule has 1 aromatic carbocycles. The Morgan fingerprint density at radius 2 is 2.08 bits per heavy atom. The van der Waals surface area contributed by atoms with E-state index < -0.39 is 0 Å². The maximum Gasteiger partial charge on any atom is 0.254 e. The molecule has 0 spiro atoms. The van der Waals surface area contributed by atoms with Crippen LogP contribution in [0.25, 0.3) is 0 Å². The van der Waals surface area contributed by atoms with E-state index in [-0.39, 0.29) is 5.91 Å². The van der Waals surface area contributed by atoms with Gasteiger partial charge in [-0.3, -0.25) is 9.78 Å². The van der Waals surface area contributed by atoms with Gasteiger partial charge in [0.15, 0.2) is 0 Å². The first-order valence-corrected chi connectivity index (χ1v) is 8.76. The molecule has 1 amide bonds. The predicted molar refractivity (Wildman–Crippen MR) is 95.8 cm³/mol. The Hall–Kier alpha value is -2.20. The van der Waals surface area contributed by atoms with Crippen LogP contribution in [-0.4, -0.2) is 34.9 Å². The summed E-state index contributed by atoms with van der Waals surface area (Å²) in [4.78, 5) is 18.7. The lowest BCUT2D eigenvalue weighted by atomic mass is 10.0. The fourth-order valence-electron chi connectivity index (χ4n) is 3.22. The van der Waals surface area contributed by atoms with Crippen LogP contribution in [0.15, 0.2) is 48.8 Å². The third-order valence-corrected chi connectivity index (χ3v) is 4.61. The van der Waals surface area contributed by atoms with E-state index >= 15 is 0 Å². The van der Waals surface area contributed by atoms with E-state index in [0.717, 1.165) is 24.1 Å². The van der Waals surface area contributed by atoms with Crippen LogP contribution in [0, 0.1) is 0 Å². The highest BCUT2D eigenvalue weighted by atomic mass is 16.2. The van der Waals surface area contributed by atoms with Crippen LogP contribution in [0.1, 0.15) is 41.3 Å². The first kappa shape index (κ1) is 16.7. The molecule has 1 aliphatic heterocycles. The molecule has 0 radical (unpaired) electrons. The van der Waals surface area contributed by atoms with Crippen molar-refractivity contribution in [2.45, 2.75) is 38.8 Å². The van der Waals surface area contributed by atoms with Gasteiger partial charge >= 0.3 is 0 Å². The summed E-state index contributed by atoms with van der Waals surface area (Å²) >= 11 is 0. The number of benzene rings is 1. The van der Waals surface area contributed by atoms with E-state index in [1.54, 1.807) is 6.20 Å². The summed E-state index contributed by atoms with van der Waals surface area (Å²) in [5.41, 5.74) is 3.10. The number of hydrogen-bond donors (Lipinski definition) is 1. The molecule has 1 atom stereocenters. The van der Waals surface area contributed by atoms with Gasteiger partial charge < -0.3 is 10.2 Å². The highest BCUT2D eigenvalue weighted by Gasteiger charge is 2.16. The third kappa shape index (κ3) is 4.20. The molecule has 2 aromatic rings. The second-order valence-corrected chi connectivity index (χ2v) is 6.37. The van der Waals surface area contributed by atoms with Crippen molar-refractivity contribution < 1.29 is 4.79 Å². The van der Waals surface area contributed by atoms with Crippen LogP contribution in [0.5, 0.6) is 0 Å². The lowest BCUT2D eigenvalue weighted by molar-refractivity contribution is 0.0752. The van der Waals surface area contributed by atoms with E-state index in [2.05, 4.69) is 22.4 Å². The first-order valence-electron chi connectivity index (χ1n) is 8.76. The van der Waals surface area contributed by atoms with Gasteiger partial charge in [-0.2, -0.15) is 0 Å². The number of nitrogens with zero attached hydrogens (tertiary/aromatic N) is 2. The molecule has 0 bridgehead atoms. The van der Waals surface area contributed by atoms with Crippen LogP contribution in [0.4, 0.5) is 0 Å². The van der Waals surface area contributed by atoms with E-state index in [9.17, 15) is 4.79 Å². The normalized spacial score (nSPS) is 17.0. The van der Waals surface area contributed by atoms with E-state index in [4.69, 9.17) is 0 Å². The number of hydrogen-bond acceptors (Lipinski definition) is 3. The highest BCUT2D eigenvalue weighted by Crippen LogP contribution is 2.15. The minimum absolute atomic E-state index is 0.0758. The maximum absolute atomic E-state index is 12.7. The Labute approximate surface area is 143 Å². The van der Waals surface area contributed by atoms with Crippen LogP contribution in [-0.2, 0) is 13.0 Å². The fraction of sp³-hybridized carbons (Fsp3) is 0.400. The van der Waals surface area contributed by atoms with Gasteiger partial charge in [0.2, 0.25) is 0 Å². The van der Waals surface area contributed by atoms with Crippen molar-refractivity contribution in [3.8, 4) is 0 Å². The minimum atomic E-state index is 0.0758. The van der Waals surface area contributed by atoms with Crippen molar-refractivity contribution in [2.75, 3.05) is 13.1 Å². The largest absolute Gasteiger partial charge is 0.335 e. The monoisotopic (exact) mass is 323 g/mol. The van der Waals surface area contributed by atoms with Crippen molar-refractivity contribution in [3.05, 3.63) is 65.5 Å². The quantitative estimate of drug-likeness (QED) is 0.889. The molecule has 4 heteroatoms. The second kappa shape index (κ2) is 8.06. The number of amides is 1. The molecular formula is C20H25N3O. The molecule has 2 heterocycles. The third-order valence-electron chi connectivity index (χ3n) is 4.61. The van der Waals surface area contributed by atoms with Gasteiger partial charge in [0.1, 0.15) is 0 Å². The topological polar surface area (TPSA) is 45.2 Å². The molecule has 24 heavy (non-hydrogen) atoms. The second-order valence-electron chi connectivity index (χ2n) is 6.37. The summed E-state index contributed by atoms with van der Waals surface area (Å²) in [5, 5.41) is 3.52. The molecule has 1 saturated heterocycles. The van der Waals surface area contributed by atoms with E-state index in [1.165, 1.54) is 18.4 Å². The molecule has 4 nitrogen and oxygen atoms in total. The summed E-state index contributed by atoms with van der Waals surface area (Å²) in [6, 6.07) is 12.6. The zero-order valence-electron chi connectivity index (χ0n) is 14.2. The smallest absolute Gasteiger partial charge is 0.254 e. The molecule has 3 rings (SSSR count). The minimum Gasteiger partial charge on any atom is -0.335 e. The van der Waals surface area contributed by atoms with Crippen LogP contribution < -0.4 is 5.32 Å². The average molecular weight is 323 g/mol. The summed E-state index contributed by atoms with van der Waals surface area (Å²) in [5.74, 6) is 0.0758. The molecule has 1 fully saturated rings. The van der Waals surface area contributed by atoms with Crippen LogP contribution in [0.2, 0.25) is 0 Å². The van der Waals surface area contributed by atoms with Crippen molar-refractivity contribution >= 4 is 5.91 Å². The summed E-state index contributed by atoms with van der Waals surface area (Å²) < 4.78 is 0. The standard InChI is InChI=1S/C20H25N3O/c1-2-23(15-17-5-3-11-21-14-17)20(24)18-9-7-16(8-10-18)13-19-6-4-12-22-19/h3,5,7-11,14,19,22H,2,4,6,12-13,15H2,1H3. The van der Waals surface area contributed by atoms with Crippen molar-refractivity contribution in [1.29, 1.82) is 0 Å². The number of carbonyl (C=O) groups is 1. The number of carbonyl (C=O) groups excluding carboxylic acids is 1. The van der Waals surface area contributed by atoms with Gasteiger partial charge in [0.05, 0.1) is 0 Å². The number of rotatable bonds is 6. The van der Waals surface area contributed by atoms with Gasteiger partial charge in [-0.1, -0.05) is 18.2 Å². The molecule has 1 aliphatic rings. The number of pyridine rings is 1. The first-order chi connectivity index (χ1) is 11.8. The van der Waals surface area contributed by atoms with Gasteiger partial charge in [-0.15, -0.1) is 0 Å². The Balaban J connectivity index is 1.64. The Morgan fingerprint density at radius 1 is 1.25 bits per heavy atom. The molecular weight excluding hydrogens is 298 g/mol. The average Bonchev–Trinajstić information content (AvgIpc) is 3.14. The van der Waals surface area contributed by atoms with Crippen molar-refractivity contribution in [1.82, 2.24) is 15.2 Å². The Kier molecular flexibility index (Phi) is 5.59. The summed E-state index contributed by atoms with van der Waals surface area (Å²) in [6.07, 6.45) is 7.12. The molecule has 1 N–H and O–H groups in total. The van der Waals surface area contributed by atoms with Crippen molar-refractivity contribution in [2.24, 2.45) is 0 Å². The van der Waals surface area contributed by atoms with Crippen LogP contribution >= 0.6 is 0 Å². The molecule has 1 aromatic heterocycles. The van der Waals surface area contributed by atoms with Gasteiger partial charge in [0, 0.05) is 37.1 Å².